The summed E-state index contributed by atoms with van der Waals surface area (Å²) in [6, 6.07) is 8.49. The standard InChI is InChI=1S/C20H22ClFN2O2S/c21-13-18(25)24(16-10-8-14(22)9-11-16)19(17-7-4-12-27-17)20(26)23-15-5-2-1-3-6-15/h4,7-12,15,19H,1-3,5-6,13H2,(H,23,26). The van der Waals surface area contributed by atoms with E-state index in [1.165, 1.54) is 46.9 Å². The lowest BCUT2D eigenvalue weighted by atomic mass is 9.95. The molecule has 1 aromatic carbocycles. The lowest BCUT2D eigenvalue weighted by molar-refractivity contribution is -0.126. The molecule has 1 unspecified atom stereocenters. The van der Waals surface area contributed by atoms with Gasteiger partial charge in [0.15, 0.2) is 0 Å². The van der Waals surface area contributed by atoms with E-state index in [4.69, 9.17) is 11.6 Å². The van der Waals surface area contributed by atoms with Gasteiger partial charge in [-0.15, -0.1) is 22.9 Å². The van der Waals surface area contributed by atoms with Gasteiger partial charge < -0.3 is 5.32 Å². The van der Waals surface area contributed by atoms with Crippen LogP contribution < -0.4 is 10.2 Å². The van der Waals surface area contributed by atoms with Gasteiger partial charge in [0.1, 0.15) is 17.7 Å². The van der Waals surface area contributed by atoms with Gasteiger partial charge in [0.05, 0.1) is 0 Å². The molecule has 2 aromatic rings. The third-order valence-corrected chi connectivity index (χ3v) is 5.91. The number of halogens is 2. The van der Waals surface area contributed by atoms with Gasteiger partial charge in [-0.1, -0.05) is 25.3 Å². The summed E-state index contributed by atoms with van der Waals surface area (Å²) in [4.78, 5) is 28.0. The van der Waals surface area contributed by atoms with Gasteiger partial charge in [-0.2, -0.15) is 0 Å². The third-order valence-electron chi connectivity index (χ3n) is 4.76. The van der Waals surface area contributed by atoms with Crippen molar-refractivity contribution in [1.82, 2.24) is 5.32 Å². The van der Waals surface area contributed by atoms with Crippen molar-refractivity contribution in [2.75, 3.05) is 10.8 Å². The molecule has 1 atom stereocenters. The van der Waals surface area contributed by atoms with Crippen molar-refractivity contribution in [3.8, 4) is 0 Å². The molecule has 1 saturated carbocycles. The summed E-state index contributed by atoms with van der Waals surface area (Å²) >= 11 is 7.24. The largest absolute Gasteiger partial charge is 0.351 e. The van der Waals surface area contributed by atoms with E-state index in [1.807, 2.05) is 17.5 Å². The second kappa shape index (κ2) is 9.33. The molecule has 1 fully saturated rings. The van der Waals surface area contributed by atoms with Crippen molar-refractivity contribution in [2.24, 2.45) is 0 Å². The summed E-state index contributed by atoms with van der Waals surface area (Å²) in [6.07, 6.45) is 5.27. The van der Waals surface area contributed by atoms with Gasteiger partial charge in [0.2, 0.25) is 11.8 Å². The number of benzene rings is 1. The van der Waals surface area contributed by atoms with Crippen LogP contribution in [0.25, 0.3) is 0 Å². The number of carbonyl (C=O) groups excluding carboxylic acids is 2. The second-order valence-corrected chi connectivity index (χ2v) is 7.88. The highest BCUT2D eigenvalue weighted by Crippen LogP contribution is 2.31. The number of hydrogen-bond donors (Lipinski definition) is 1. The highest BCUT2D eigenvalue weighted by molar-refractivity contribution is 7.10. The Kier molecular flexibility index (Phi) is 6.85. The first-order valence-electron chi connectivity index (χ1n) is 9.07. The number of thiophene rings is 1. The third kappa shape index (κ3) is 4.87. The molecule has 144 valence electrons. The maximum Gasteiger partial charge on any atom is 0.248 e. The zero-order valence-electron chi connectivity index (χ0n) is 14.9. The molecule has 1 aliphatic rings. The van der Waals surface area contributed by atoms with Crippen LogP contribution >= 0.6 is 22.9 Å². The van der Waals surface area contributed by atoms with Crippen LogP contribution in [-0.2, 0) is 9.59 Å². The average Bonchev–Trinajstić information content (AvgIpc) is 3.21. The minimum Gasteiger partial charge on any atom is -0.351 e. The predicted octanol–water partition coefficient (Wildman–Crippen LogP) is 4.65. The number of nitrogens with one attached hydrogen (secondary N) is 1. The molecule has 0 bridgehead atoms. The second-order valence-electron chi connectivity index (χ2n) is 6.64. The van der Waals surface area contributed by atoms with Crippen LogP contribution in [0.15, 0.2) is 41.8 Å². The van der Waals surface area contributed by atoms with Crippen LogP contribution in [0.4, 0.5) is 10.1 Å². The average molecular weight is 409 g/mol. The molecule has 2 amide bonds. The fourth-order valence-electron chi connectivity index (χ4n) is 3.45. The SMILES string of the molecule is O=C(NC1CCCCC1)C(c1cccs1)N(C(=O)CCl)c1ccc(F)cc1. The highest BCUT2D eigenvalue weighted by atomic mass is 35.5. The molecule has 0 spiro atoms. The quantitative estimate of drug-likeness (QED) is 0.707. The molecule has 0 radical (unpaired) electrons. The molecule has 7 heteroatoms. The van der Waals surface area contributed by atoms with Gasteiger partial charge in [-0.25, -0.2) is 4.39 Å². The number of anilines is 1. The summed E-state index contributed by atoms with van der Waals surface area (Å²) in [5.74, 6) is -1.31. The lowest BCUT2D eigenvalue weighted by Crippen LogP contribution is -2.47. The minimum atomic E-state index is -0.830. The first-order valence-corrected chi connectivity index (χ1v) is 10.5. The van der Waals surface area contributed by atoms with Gasteiger partial charge in [-0.05, 0) is 48.6 Å². The van der Waals surface area contributed by atoms with Crippen molar-refractivity contribution < 1.29 is 14.0 Å². The maximum atomic E-state index is 13.4. The van der Waals surface area contributed by atoms with Gasteiger partial charge in [0, 0.05) is 16.6 Å². The van der Waals surface area contributed by atoms with Crippen LogP contribution in [-0.4, -0.2) is 23.7 Å². The monoisotopic (exact) mass is 408 g/mol. The molecule has 0 saturated heterocycles. The molecule has 1 aromatic heterocycles. The lowest BCUT2D eigenvalue weighted by Gasteiger charge is -2.32. The van der Waals surface area contributed by atoms with Crippen LogP contribution in [0.1, 0.15) is 43.0 Å². The Bertz CT molecular complexity index is 761. The summed E-state index contributed by atoms with van der Waals surface area (Å²) in [5.41, 5.74) is 0.444. The molecule has 3 rings (SSSR count). The number of hydrogen-bond acceptors (Lipinski definition) is 3. The first-order chi connectivity index (χ1) is 13.1. The Balaban J connectivity index is 1.94. The van der Waals surface area contributed by atoms with Crippen molar-refractivity contribution >= 4 is 40.4 Å². The Morgan fingerprint density at radius 3 is 2.48 bits per heavy atom. The maximum absolute atomic E-state index is 13.4. The first kappa shape index (κ1) is 19.8. The molecule has 1 heterocycles. The molecular formula is C20H22ClFN2O2S. The van der Waals surface area contributed by atoms with E-state index in [1.54, 1.807) is 0 Å². The van der Waals surface area contributed by atoms with E-state index in [9.17, 15) is 14.0 Å². The predicted molar refractivity (Wildman–Crippen MR) is 107 cm³/mol. The molecule has 1 N–H and O–H groups in total. The number of alkyl halides is 1. The normalized spacial score (nSPS) is 15.9. The minimum absolute atomic E-state index is 0.120. The summed E-state index contributed by atoms with van der Waals surface area (Å²) in [6.45, 7) is 0. The Morgan fingerprint density at radius 2 is 1.89 bits per heavy atom. The van der Waals surface area contributed by atoms with Crippen molar-refractivity contribution in [3.63, 3.8) is 0 Å². The number of carbonyl (C=O) groups is 2. The fraction of sp³-hybridized carbons (Fsp3) is 0.400. The molecule has 0 aliphatic heterocycles. The van der Waals surface area contributed by atoms with E-state index in [0.717, 1.165) is 30.6 Å². The Morgan fingerprint density at radius 1 is 1.19 bits per heavy atom. The van der Waals surface area contributed by atoms with E-state index in [-0.39, 0.29) is 17.8 Å². The molecule has 1 aliphatic carbocycles. The number of amides is 2. The Hall–Kier alpha value is -1.92. The Labute approximate surface area is 167 Å². The van der Waals surface area contributed by atoms with Gasteiger partial charge in [0.25, 0.3) is 0 Å². The number of nitrogens with zero attached hydrogens (tertiary/aromatic N) is 1. The van der Waals surface area contributed by atoms with Gasteiger partial charge >= 0.3 is 0 Å². The van der Waals surface area contributed by atoms with Crippen molar-refractivity contribution in [3.05, 3.63) is 52.5 Å². The topological polar surface area (TPSA) is 49.4 Å². The molecule has 27 heavy (non-hydrogen) atoms. The van der Waals surface area contributed by atoms with Crippen molar-refractivity contribution in [1.29, 1.82) is 0 Å². The van der Waals surface area contributed by atoms with E-state index >= 15 is 0 Å². The van der Waals surface area contributed by atoms with Crippen LogP contribution in [0.5, 0.6) is 0 Å². The van der Waals surface area contributed by atoms with E-state index < -0.39 is 17.8 Å². The van der Waals surface area contributed by atoms with Gasteiger partial charge in [-0.3, -0.25) is 14.5 Å². The summed E-state index contributed by atoms with van der Waals surface area (Å²) < 4.78 is 13.4. The number of rotatable bonds is 6. The zero-order chi connectivity index (χ0) is 19.2. The zero-order valence-corrected chi connectivity index (χ0v) is 16.4. The molecular weight excluding hydrogens is 387 g/mol. The van der Waals surface area contributed by atoms with E-state index in [0.29, 0.717) is 5.69 Å². The van der Waals surface area contributed by atoms with Crippen LogP contribution in [0.2, 0.25) is 0 Å². The van der Waals surface area contributed by atoms with E-state index in [2.05, 4.69) is 5.32 Å². The van der Waals surface area contributed by atoms with Crippen LogP contribution in [0, 0.1) is 5.82 Å². The summed E-state index contributed by atoms with van der Waals surface area (Å²) in [5, 5.41) is 4.97. The van der Waals surface area contributed by atoms with Crippen LogP contribution in [0.3, 0.4) is 0 Å². The fourth-order valence-corrected chi connectivity index (χ4v) is 4.39. The highest BCUT2D eigenvalue weighted by Gasteiger charge is 2.34. The molecule has 4 nitrogen and oxygen atoms in total. The van der Waals surface area contributed by atoms with Crippen molar-refractivity contribution in [2.45, 2.75) is 44.2 Å². The smallest absolute Gasteiger partial charge is 0.248 e. The summed E-state index contributed by atoms with van der Waals surface area (Å²) in [7, 11) is 0.